The lowest BCUT2D eigenvalue weighted by atomic mass is 10.1. The molecule has 3 heterocycles. The van der Waals surface area contributed by atoms with Crippen molar-refractivity contribution >= 4 is 22.8 Å². The van der Waals surface area contributed by atoms with E-state index in [4.69, 9.17) is 14.0 Å². The Hall–Kier alpha value is -4.05. The number of nitrogens with one attached hydrogen (secondary N) is 2. The molecule has 0 aliphatic carbocycles. The van der Waals surface area contributed by atoms with Crippen LogP contribution >= 0.6 is 11.8 Å². The van der Waals surface area contributed by atoms with E-state index in [0.717, 1.165) is 16.7 Å². The summed E-state index contributed by atoms with van der Waals surface area (Å²) in [6.07, 6.45) is 1.80. The smallest absolute Gasteiger partial charge is 0.275 e. The van der Waals surface area contributed by atoms with E-state index in [2.05, 4.69) is 25.1 Å². The van der Waals surface area contributed by atoms with Crippen molar-refractivity contribution in [2.45, 2.75) is 10.9 Å². The molecule has 0 aliphatic heterocycles. The van der Waals surface area contributed by atoms with Crippen LogP contribution in [0.4, 0.5) is 0 Å². The van der Waals surface area contributed by atoms with Crippen LogP contribution < -0.4 is 15.0 Å². The maximum Gasteiger partial charge on any atom is 0.275 e. The predicted molar refractivity (Wildman–Crippen MR) is 125 cm³/mol. The molecule has 166 valence electrons. The molecule has 5 aromatic rings. The van der Waals surface area contributed by atoms with Crippen molar-refractivity contribution in [2.24, 2.45) is 0 Å². The molecule has 5 rings (SSSR count). The number of ether oxygens (including phenoxy) is 2. The van der Waals surface area contributed by atoms with E-state index in [9.17, 15) is 4.79 Å². The number of methoxy groups -OCH3 is 2. The van der Waals surface area contributed by atoms with Gasteiger partial charge in [0.1, 0.15) is 11.0 Å². The van der Waals surface area contributed by atoms with E-state index in [1.54, 1.807) is 32.5 Å². The molecule has 0 spiro atoms. The van der Waals surface area contributed by atoms with E-state index in [1.807, 2.05) is 36.4 Å². The van der Waals surface area contributed by atoms with Crippen molar-refractivity contribution in [3.63, 3.8) is 0 Å². The minimum atomic E-state index is -0.235. The van der Waals surface area contributed by atoms with Gasteiger partial charge >= 0.3 is 0 Å². The third kappa shape index (κ3) is 4.08. The normalized spacial score (nSPS) is 11.1. The highest BCUT2D eigenvalue weighted by Crippen LogP contribution is 2.32. The summed E-state index contributed by atoms with van der Waals surface area (Å²) >= 11 is 1.31. The summed E-state index contributed by atoms with van der Waals surface area (Å²) in [4.78, 5) is 27.5. The molecule has 2 N–H and O–H groups in total. The average molecular weight is 462 g/mol. The third-order valence-electron chi connectivity index (χ3n) is 5.04. The Kier molecular flexibility index (Phi) is 5.57. The molecule has 9 nitrogen and oxygen atoms in total. The summed E-state index contributed by atoms with van der Waals surface area (Å²) in [5.74, 6) is 2.38. The fourth-order valence-electron chi connectivity index (χ4n) is 3.44. The molecular weight excluding hydrogens is 442 g/mol. The zero-order valence-corrected chi connectivity index (χ0v) is 18.6. The van der Waals surface area contributed by atoms with E-state index in [0.29, 0.717) is 45.2 Å². The second-order valence-corrected chi connectivity index (χ2v) is 8.00. The quantitative estimate of drug-likeness (QED) is 0.272. The molecule has 0 fully saturated rings. The fraction of sp³-hybridized carbons (Fsp3) is 0.130. The molecule has 0 saturated carbocycles. The lowest BCUT2D eigenvalue weighted by Crippen LogP contribution is -2.09. The first-order valence-electron chi connectivity index (χ1n) is 10.0. The maximum absolute atomic E-state index is 12.5. The van der Waals surface area contributed by atoms with Crippen LogP contribution in [0.15, 0.2) is 69.2 Å². The Bertz CT molecular complexity index is 1480. The monoisotopic (exact) mass is 461 g/mol. The molecule has 0 amide bonds. The summed E-state index contributed by atoms with van der Waals surface area (Å²) in [7, 11) is 3.14. The molecule has 0 unspecified atom stereocenters. The van der Waals surface area contributed by atoms with E-state index < -0.39 is 0 Å². The van der Waals surface area contributed by atoms with E-state index >= 15 is 0 Å². The molecule has 3 aromatic heterocycles. The molecule has 0 saturated heterocycles. The highest BCUT2D eigenvalue weighted by atomic mass is 32.2. The first-order valence-corrected chi connectivity index (χ1v) is 11.0. The van der Waals surface area contributed by atoms with Crippen molar-refractivity contribution in [3.8, 4) is 34.0 Å². The minimum absolute atomic E-state index is 0.235. The summed E-state index contributed by atoms with van der Waals surface area (Å²) in [6.45, 7) is 0. The molecule has 10 heteroatoms. The Balaban J connectivity index is 1.38. The number of fused-ring (bicyclic) bond motifs is 1. The van der Waals surface area contributed by atoms with Crippen molar-refractivity contribution < 1.29 is 14.0 Å². The zero-order chi connectivity index (χ0) is 22.8. The number of aromatic amines is 2. The van der Waals surface area contributed by atoms with Gasteiger partial charge in [0, 0.05) is 17.3 Å². The lowest BCUT2D eigenvalue weighted by Gasteiger charge is -2.07. The van der Waals surface area contributed by atoms with Crippen molar-refractivity contribution in [3.05, 3.63) is 71.0 Å². The van der Waals surface area contributed by atoms with Gasteiger partial charge in [-0.1, -0.05) is 47.3 Å². The SMILES string of the molecule is COc1ccc(-c2noc(CSc3nc4c(-c5ccccc5)c[nH]c4c(=O)[nH]3)n2)cc1OC. The van der Waals surface area contributed by atoms with Crippen molar-refractivity contribution in [1.29, 1.82) is 0 Å². The molecule has 0 radical (unpaired) electrons. The lowest BCUT2D eigenvalue weighted by molar-refractivity contribution is 0.355. The Morgan fingerprint density at radius 3 is 2.61 bits per heavy atom. The Morgan fingerprint density at radius 1 is 1.00 bits per heavy atom. The minimum Gasteiger partial charge on any atom is -0.493 e. The van der Waals surface area contributed by atoms with Gasteiger partial charge in [0.05, 0.1) is 20.0 Å². The second kappa shape index (κ2) is 8.83. The van der Waals surface area contributed by atoms with Crippen LogP contribution in [0.1, 0.15) is 5.89 Å². The summed E-state index contributed by atoms with van der Waals surface area (Å²) < 4.78 is 16.0. The Labute approximate surface area is 192 Å². The highest BCUT2D eigenvalue weighted by Gasteiger charge is 2.15. The topological polar surface area (TPSA) is 119 Å². The van der Waals surface area contributed by atoms with Crippen LogP contribution in [0.5, 0.6) is 11.5 Å². The van der Waals surface area contributed by atoms with Gasteiger partial charge in [0.2, 0.25) is 11.7 Å². The number of nitrogens with zero attached hydrogens (tertiary/aromatic N) is 3. The van der Waals surface area contributed by atoms with E-state index in [1.165, 1.54) is 11.8 Å². The molecule has 0 bridgehead atoms. The molecule has 0 atom stereocenters. The van der Waals surface area contributed by atoms with Gasteiger partial charge in [-0.3, -0.25) is 9.78 Å². The first kappa shape index (κ1) is 20.8. The van der Waals surface area contributed by atoms with Crippen LogP contribution in [0.3, 0.4) is 0 Å². The number of hydrogen-bond acceptors (Lipinski definition) is 8. The third-order valence-corrected chi connectivity index (χ3v) is 5.90. The molecule has 33 heavy (non-hydrogen) atoms. The van der Waals surface area contributed by atoms with Gasteiger partial charge in [-0.2, -0.15) is 4.98 Å². The van der Waals surface area contributed by atoms with Gasteiger partial charge in [0.15, 0.2) is 16.7 Å². The molecule has 2 aromatic carbocycles. The standard InChI is InChI=1S/C23H19N5O4S/c1-30-16-9-8-14(10-17(16)31-2)21-25-18(32-28-21)12-33-23-26-19-15(13-6-4-3-5-7-13)11-24-20(19)22(29)27-23/h3-11,24H,12H2,1-2H3,(H,26,27,29). The van der Waals surface area contributed by atoms with Gasteiger partial charge in [0.25, 0.3) is 5.56 Å². The van der Waals surface area contributed by atoms with Crippen molar-refractivity contribution in [1.82, 2.24) is 25.1 Å². The number of thioether (sulfide) groups is 1. The predicted octanol–water partition coefficient (Wildman–Crippen LogP) is 4.28. The van der Waals surface area contributed by atoms with Crippen LogP contribution in [-0.4, -0.2) is 39.3 Å². The number of aromatic nitrogens is 5. The largest absolute Gasteiger partial charge is 0.493 e. The van der Waals surface area contributed by atoms with Crippen LogP contribution in [0.25, 0.3) is 33.5 Å². The number of H-pyrrole nitrogens is 2. The van der Waals surface area contributed by atoms with Crippen molar-refractivity contribution in [2.75, 3.05) is 14.2 Å². The van der Waals surface area contributed by atoms with Gasteiger partial charge in [-0.05, 0) is 23.8 Å². The number of rotatable bonds is 7. The molecule has 0 aliphatic rings. The molecular formula is C23H19N5O4S. The maximum atomic E-state index is 12.5. The number of hydrogen-bond donors (Lipinski definition) is 2. The highest BCUT2D eigenvalue weighted by molar-refractivity contribution is 7.98. The van der Waals surface area contributed by atoms with Crippen LogP contribution in [-0.2, 0) is 5.75 Å². The summed E-state index contributed by atoms with van der Waals surface area (Å²) in [6, 6.07) is 15.2. The fourth-order valence-corrected chi connectivity index (χ4v) is 4.13. The second-order valence-electron chi connectivity index (χ2n) is 7.03. The van der Waals surface area contributed by atoms with Gasteiger partial charge in [-0.15, -0.1) is 0 Å². The average Bonchev–Trinajstić information content (AvgIpc) is 3.50. The Morgan fingerprint density at radius 2 is 1.82 bits per heavy atom. The zero-order valence-electron chi connectivity index (χ0n) is 17.8. The van der Waals surface area contributed by atoms with Gasteiger partial charge in [-0.25, -0.2) is 4.98 Å². The van der Waals surface area contributed by atoms with Crippen LogP contribution in [0, 0.1) is 0 Å². The van der Waals surface area contributed by atoms with E-state index in [-0.39, 0.29) is 5.56 Å². The first-order chi connectivity index (χ1) is 16.2. The summed E-state index contributed by atoms with van der Waals surface area (Å²) in [5, 5.41) is 4.52. The van der Waals surface area contributed by atoms with Crippen LogP contribution in [0.2, 0.25) is 0 Å². The summed E-state index contributed by atoms with van der Waals surface area (Å²) in [5.41, 5.74) is 3.40. The van der Waals surface area contributed by atoms with Gasteiger partial charge < -0.3 is 19.0 Å². The number of benzene rings is 2.